The molecule has 0 aliphatic carbocycles. The Morgan fingerprint density at radius 2 is 2.10 bits per heavy atom. The van der Waals surface area contributed by atoms with E-state index in [1.807, 2.05) is 25.1 Å². The summed E-state index contributed by atoms with van der Waals surface area (Å²) in [5, 5.41) is 3.49. The third kappa shape index (κ3) is 4.66. The number of carbonyl (C=O) groups is 1. The number of nitrogen functional groups attached to an aromatic ring is 1. The van der Waals surface area contributed by atoms with E-state index in [9.17, 15) is 4.79 Å². The predicted molar refractivity (Wildman–Crippen MR) is 94.1 cm³/mol. The highest BCUT2D eigenvalue weighted by atomic mass is 79.9. The molecule has 0 heterocycles. The fourth-order valence-corrected chi connectivity index (χ4v) is 3.25. The first-order valence-corrected chi connectivity index (χ1v) is 8.35. The van der Waals surface area contributed by atoms with Gasteiger partial charge in [0.2, 0.25) is 5.91 Å². The van der Waals surface area contributed by atoms with Gasteiger partial charge in [-0.1, -0.05) is 27.5 Å². The van der Waals surface area contributed by atoms with E-state index in [-0.39, 0.29) is 11.7 Å². The van der Waals surface area contributed by atoms with Crippen LogP contribution in [0, 0.1) is 6.92 Å². The van der Waals surface area contributed by atoms with E-state index in [0.717, 1.165) is 20.6 Å². The second-order valence-electron chi connectivity index (χ2n) is 4.48. The fraction of sp³-hybridized carbons (Fsp3) is 0.133. The Morgan fingerprint density at radius 3 is 2.81 bits per heavy atom. The Morgan fingerprint density at radius 1 is 1.33 bits per heavy atom. The molecule has 2 rings (SSSR count). The molecule has 0 bridgehead atoms. The van der Waals surface area contributed by atoms with E-state index in [4.69, 9.17) is 17.3 Å². The molecule has 3 N–H and O–H groups in total. The van der Waals surface area contributed by atoms with Crippen molar-refractivity contribution in [2.24, 2.45) is 0 Å². The highest BCUT2D eigenvalue weighted by Gasteiger charge is 2.08. The number of hydrogen-bond donors (Lipinski definition) is 2. The molecule has 3 nitrogen and oxygen atoms in total. The average molecular weight is 386 g/mol. The maximum Gasteiger partial charge on any atom is 0.234 e. The van der Waals surface area contributed by atoms with Crippen molar-refractivity contribution in [3.05, 3.63) is 51.5 Å². The quantitative estimate of drug-likeness (QED) is 0.591. The first-order chi connectivity index (χ1) is 9.95. The van der Waals surface area contributed by atoms with Crippen LogP contribution < -0.4 is 11.1 Å². The Hall–Kier alpha value is -1.17. The van der Waals surface area contributed by atoms with Gasteiger partial charge < -0.3 is 11.1 Å². The maximum atomic E-state index is 12.0. The maximum absolute atomic E-state index is 12.0. The molecular formula is C15H14BrClN2OS. The van der Waals surface area contributed by atoms with Crippen molar-refractivity contribution >= 4 is 56.6 Å². The minimum Gasteiger partial charge on any atom is -0.398 e. The lowest BCUT2D eigenvalue weighted by Gasteiger charge is -2.09. The zero-order chi connectivity index (χ0) is 15.4. The summed E-state index contributed by atoms with van der Waals surface area (Å²) >= 11 is 10.7. The van der Waals surface area contributed by atoms with Crippen molar-refractivity contribution < 1.29 is 4.79 Å². The normalized spacial score (nSPS) is 10.4. The Balaban J connectivity index is 1.97. The van der Waals surface area contributed by atoms with Crippen molar-refractivity contribution in [1.82, 2.24) is 0 Å². The molecule has 0 atom stereocenters. The number of thioether (sulfide) groups is 1. The summed E-state index contributed by atoms with van der Waals surface area (Å²) < 4.78 is 0.985. The summed E-state index contributed by atoms with van der Waals surface area (Å²) in [4.78, 5) is 12.8. The summed E-state index contributed by atoms with van der Waals surface area (Å²) in [6.45, 7) is 1.95. The van der Waals surface area contributed by atoms with Gasteiger partial charge in [0.1, 0.15) is 0 Å². The van der Waals surface area contributed by atoms with E-state index in [1.54, 1.807) is 18.2 Å². The number of carbonyl (C=O) groups excluding carboxylic acids is 1. The molecule has 110 valence electrons. The standard InChI is InChI=1S/C15H14BrClN2OS/c1-9-6-10(16)2-5-13(9)19-15(20)8-21-14-7-11(17)3-4-12(14)18/h2-7H,8,18H2,1H3,(H,19,20). The number of nitrogens with one attached hydrogen (secondary N) is 1. The van der Waals surface area contributed by atoms with Gasteiger partial charge in [-0.2, -0.15) is 0 Å². The highest BCUT2D eigenvalue weighted by molar-refractivity contribution is 9.10. The minimum absolute atomic E-state index is 0.0789. The summed E-state index contributed by atoms with van der Waals surface area (Å²) in [5.74, 6) is 0.199. The molecule has 1 amide bonds. The molecular weight excluding hydrogens is 372 g/mol. The lowest BCUT2D eigenvalue weighted by atomic mass is 10.2. The molecule has 2 aromatic carbocycles. The van der Waals surface area contributed by atoms with Crippen molar-refractivity contribution in [3.63, 3.8) is 0 Å². The van der Waals surface area contributed by atoms with E-state index in [0.29, 0.717) is 10.7 Å². The third-order valence-electron chi connectivity index (χ3n) is 2.80. The van der Waals surface area contributed by atoms with Gasteiger partial charge in [0.05, 0.1) is 5.75 Å². The smallest absolute Gasteiger partial charge is 0.234 e. The van der Waals surface area contributed by atoms with Crippen molar-refractivity contribution in [2.45, 2.75) is 11.8 Å². The van der Waals surface area contributed by atoms with Crippen LogP contribution in [0.15, 0.2) is 45.8 Å². The van der Waals surface area contributed by atoms with Gasteiger partial charge in [0, 0.05) is 25.8 Å². The summed E-state index contributed by atoms with van der Waals surface area (Å²) in [6.07, 6.45) is 0. The molecule has 0 aliphatic heterocycles. The zero-order valence-corrected chi connectivity index (χ0v) is 14.5. The monoisotopic (exact) mass is 384 g/mol. The fourth-order valence-electron chi connectivity index (χ4n) is 1.73. The highest BCUT2D eigenvalue weighted by Crippen LogP contribution is 2.28. The van der Waals surface area contributed by atoms with E-state index in [2.05, 4.69) is 21.2 Å². The number of hydrogen-bond acceptors (Lipinski definition) is 3. The largest absolute Gasteiger partial charge is 0.398 e. The number of amides is 1. The lowest BCUT2D eigenvalue weighted by molar-refractivity contribution is -0.113. The Bertz CT molecular complexity index is 679. The third-order valence-corrected chi connectivity index (χ3v) is 4.60. The number of aryl methyl sites for hydroxylation is 1. The van der Waals surface area contributed by atoms with Crippen LogP contribution in [0.5, 0.6) is 0 Å². The molecule has 0 aromatic heterocycles. The van der Waals surface area contributed by atoms with Gasteiger partial charge in [-0.3, -0.25) is 4.79 Å². The summed E-state index contributed by atoms with van der Waals surface area (Å²) in [5.41, 5.74) is 8.29. The molecule has 21 heavy (non-hydrogen) atoms. The van der Waals surface area contributed by atoms with Gasteiger partial charge in [0.25, 0.3) is 0 Å². The van der Waals surface area contributed by atoms with Crippen LogP contribution in [0.2, 0.25) is 5.02 Å². The van der Waals surface area contributed by atoms with Crippen molar-refractivity contribution in [2.75, 3.05) is 16.8 Å². The first kappa shape index (κ1) is 16.2. The van der Waals surface area contributed by atoms with Gasteiger partial charge in [-0.25, -0.2) is 0 Å². The van der Waals surface area contributed by atoms with Crippen molar-refractivity contribution in [3.8, 4) is 0 Å². The van der Waals surface area contributed by atoms with Crippen LogP contribution in [0.1, 0.15) is 5.56 Å². The Kier molecular flexibility index (Phi) is 5.56. The van der Waals surface area contributed by atoms with Gasteiger partial charge in [-0.15, -0.1) is 11.8 Å². The molecule has 0 unspecified atom stereocenters. The SMILES string of the molecule is Cc1cc(Br)ccc1NC(=O)CSc1cc(Cl)ccc1N. The van der Waals surface area contributed by atoms with Crippen LogP contribution in [-0.2, 0) is 4.79 Å². The first-order valence-electron chi connectivity index (χ1n) is 6.19. The minimum atomic E-state index is -0.0789. The lowest BCUT2D eigenvalue weighted by Crippen LogP contribution is -2.14. The van der Waals surface area contributed by atoms with Crippen LogP contribution >= 0.6 is 39.3 Å². The molecule has 0 fully saturated rings. The molecule has 0 aliphatic rings. The van der Waals surface area contributed by atoms with E-state index in [1.165, 1.54) is 11.8 Å². The predicted octanol–water partition coefficient (Wildman–Crippen LogP) is 4.72. The topological polar surface area (TPSA) is 55.1 Å². The van der Waals surface area contributed by atoms with Gasteiger partial charge in [0.15, 0.2) is 0 Å². The number of anilines is 2. The number of nitrogens with two attached hydrogens (primary N) is 1. The van der Waals surface area contributed by atoms with Crippen LogP contribution in [0.3, 0.4) is 0 Å². The second-order valence-corrected chi connectivity index (χ2v) is 6.85. The number of benzene rings is 2. The molecule has 6 heteroatoms. The summed E-state index contributed by atoms with van der Waals surface area (Å²) in [7, 11) is 0. The van der Waals surface area contributed by atoms with Crippen molar-refractivity contribution in [1.29, 1.82) is 0 Å². The molecule has 0 saturated carbocycles. The number of halogens is 2. The molecule has 0 radical (unpaired) electrons. The second kappa shape index (κ2) is 7.20. The van der Waals surface area contributed by atoms with Crippen LogP contribution in [0.25, 0.3) is 0 Å². The van der Waals surface area contributed by atoms with Gasteiger partial charge >= 0.3 is 0 Å². The van der Waals surface area contributed by atoms with E-state index >= 15 is 0 Å². The Labute approximate surface area is 141 Å². The van der Waals surface area contributed by atoms with Gasteiger partial charge in [-0.05, 0) is 48.9 Å². The van der Waals surface area contributed by atoms with Crippen LogP contribution in [0.4, 0.5) is 11.4 Å². The van der Waals surface area contributed by atoms with Crippen LogP contribution in [-0.4, -0.2) is 11.7 Å². The van der Waals surface area contributed by atoms with E-state index < -0.39 is 0 Å². The number of rotatable bonds is 4. The molecule has 0 spiro atoms. The molecule has 0 saturated heterocycles. The summed E-state index contributed by atoms with van der Waals surface area (Å²) in [6, 6.07) is 10.9. The zero-order valence-electron chi connectivity index (χ0n) is 11.3. The average Bonchev–Trinajstić information content (AvgIpc) is 2.43. The molecule has 2 aromatic rings.